The van der Waals surface area contributed by atoms with Crippen molar-refractivity contribution in [2.75, 3.05) is 6.54 Å². The van der Waals surface area contributed by atoms with E-state index < -0.39 is 6.09 Å². The van der Waals surface area contributed by atoms with E-state index in [1.165, 1.54) is 0 Å². The molecule has 2 rings (SSSR count). The van der Waals surface area contributed by atoms with Crippen molar-refractivity contribution in [3.05, 3.63) is 29.6 Å². The monoisotopic (exact) mass is 249 g/mol. The van der Waals surface area contributed by atoms with Crippen LogP contribution in [-0.2, 0) is 11.4 Å². The molecule has 1 amide bonds. The summed E-state index contributed by atoms with van der Waals surface area (Å²) in [6, 6.07) is 5.89. The fourth-order valence-electron chi connectivity index (χ4n) is 1.66. The highest BCUT2D eigenvalue weighted by Gasteiger charge is 2.11. The molecule has 0 aliphatic rings. The average Bonchev–Trinajstić information content (AvgIpc) is 2.71. The molecule has 0 radical (unpaired) electrons. The van der Waals surface area contributed by atoms with Gasteiger partial charge in [-0.1, -0.05) is 6.07 Å². The van der Waals surface area contributed by atoms with Crippen molar-refractivity contribution in [1.82, 2.24) is 15.0 Å². The lowest BCUT2D eigenvalue weighted by Crippen LogP contribution is -2.29. The number of fused-ring (bicyclic) bond motifs is 1. The van der Waals surface area contributed by atoms with Crippen LogP contribution in [0.3, 0.4) is 0 Å². The van der Waals surface area contributed by atoms with Gasteiger partial charge in [-0.05, 0) is 31.5 Å². The Morgan fingerprint density at radius 1 is 1.56 bits per heavy atom. The maximum absolute atomic E-state index is 10.7. The summed E-state index contributed by atoms with van der Waals surface area (Å²) < 4.78 is 0. The SMILES string of the molecule is CCN(OCc1nc2cc(C)ccc2[nH]1)C(=O)O. The Morgan fingerprint density at radius 2 is 2.33 bits per heavy atom. The lowest BCUT2D eigenvalue weighted by molar-refractivity contribution is -0.139. The van der Waals surface area contributed by atoms with Gasteiger partial charge in [0.15, 0.2) is 0 Å². The van der Waals surface area contributed by atoms with E-state index in [-0.39, 0.29) is 13.2 Å². The van der Waals surface area contributed by atoms with Crippen LogP contribution in [-0.4, -0.2) is 32.8 Å². The van der Waals surface area contributed by atoms with Crippen LogP contribution in [0.25, 0.3) is 11.0 Å². The number of aromatic nitrogens is 2. The number of benzene rings is 1. The van der Waals surface area contributed by atoms with Crippen molar-refractivity contribution in [2.45, 2.75) is 20.5 Å². The lowest BCUT2D eigenvalue weighted by atomic mass is 10.2. The summed E-state index contributed by atoms with van der Waals surface area (Å²) in [5, 5.41) is 9.67. The summed E-state index contributed by atoms with van der Waals surface area (Å²) in [6.07, 6.45) is -1.11. The second-order valence-corrected chi connectivity index (χ2v) is 3.95. The number of rotatable bonds is 4. The van der Waals surface area contributed by atoms with Crippen molar-refractivity contribution < 1.29 is 14.7 Å². The first-order chi connectivity index (χ1) is 8.60. The molecule has 0 saturated carbocycles. The number of hydrogen-bond donors (Lipinski definition) is 2. The lowest BCUT2D eigenvalue weighted by Gasteiger charge is -2.14. The molecule has 6 heteroatoms. The van der Waals surface area contributed by atoms with Gasteiger partial charge in [-0.2, -0.15) is 5.06 Å². The maximum atomic E-state index is 10.7. The Bertz CT molecular complexity index is 565. The molecule has 1 heterocycles. The number of imidazole rings is 1. The van der Waals surface area contributed by atoms with E-state index in [1.807, 2.05) is 25.1 Å². The minimum Gasteiger partial charge on any atom is -0.463 e. The zero-order chi connectivity index (χ0) is 13.1. The number of hydrogen-bond acceptors (Lipinski definition) is 3. The highest BCUT2D eigenvalue weighted by Crippen LogP contribution is 2.13. The van der Waals surface area contributed by atoms with Gasteiger partial charge in [-0.3, -0.25) is 4.84 Å². The Balaban J connectivity index is 2.10. The molecule has 0 atom stereocenters. The molecule has 0 aliphatic carbocycles. The molecule has 0 bridgehead atoms. The van der Waals surface area contributed by atoms with E-state index in [1.54, 1.807) is 6.92 Å². The Morgan fingerprint density at radius 3 is 3.00 bits per heavy atom. The number of aromatic amines is 1. The van der Waals surface area contributed by atoms with Crippen LogP contribution in [0, 0.1) is 6.92 Å². The van der Waals surface area contributed by atoms with Crippen LogP contribution in [0.2, 0.25) is 0 Å². The molecule has 96 valence electrons. The van der Waals surface area contributed by atoms with Gasteiger partial charge in [0.2, 0.25) is 0 Å². The van der Waals surface area contributed by atoms with Gasteiger partial charge in [-0.15, -0.1) is 0 Å². The highest BCUT2D eigenvalue weighted by molar-refractivity contribution is 5.75. The van der Waals surface area contributed by atoms with E-state index in [2.05, 4.69) is 9.97 Å². The Hall–Kier alpha value is -2.08. The molecule has 0 spiro atoms. The van der Waals surface area contributed by atoms with Crippen molar-refractivity contribution in [3.8, 4) is 0 Å². The predicted octanol–water partition coefficient (Wildman–Crippen LogP) is 2.30. The number of hydroxylamine groups is 2. The molecule has 18 heavy (non-hydrogen) atoms. The second-order valence-electron chi connectivity index (χ2n) is 3.95. The molecule has 0 saturated heterocycles. The number of nitrogens with zero attached hydrogens (tertiary/aromatic N) is 2. The molecule has 0 aliphatic heterocycles. The fraction of sp³-hybridized carbons (Fsp3) is 0.333. The van der Waals surface area contributed by atoms with Crippen LogP contribution in [0.4, 0.5) is 4.79 Å². The topological polar surface area (TPSA) is 78.5 Å². The van der Waals surface area contributed by atoms with Gasteiger partial charge in [0.1, 0.15) is 12.4 Å². The number of H-pyrrole nitrogens is 1. The molecule has 0 fully saturated rings. The third-order valence-electron chi connectivity index (χ3n) is 2.55. The van der Waals surface area contributed by atoms with Gasteiger partial charge >= 0.3 is 6.09 Å². The number of aryl methyl sites for hydroxylation is 1. The summed E-state index contributed by atoms with van der Waals surface area (Å²) in [6.45, 7) is 4.08. The number of carbonyl (C=O) groups is 1. The predicted molar refractivity (Wildman–Crippen MR) is 66.0 cm³/mol. The molecular formula is C12H15N3O3. The van der Waals surface area contributed by atoms with E-state index in [9.17, 15) is 4.79 Å². The first-order valence-corrected chi connectivity index (χ1v) is 5.68. The minimum absolute atomic E-state index is 0.105. The smallest absolute Gasteiger partial charge is 0.431 e. The van der Waals surface area contributed by atoms with Gasteiger partial charge in [0, 0.05) is 6.54 Å². The first-order valence-electron chi connectivity index (χ1n) is 5.68. The van der Waals surface area contributed by atoms with Gasteiger partial charge in [-0.25, -0.2) is 9.78 Å². The van der Waals surface area contributed by atoms with Crippen molar-refractivity contribution in [3.63, 3.8) is 0 Å². The summed E-state index contributed by atoms with van der Waals surface area (Å²) in [5.41, 5.74) is 2.90. The third-order valence-corrected chi connectivity index (χ3v) is 2.55. The van der Waals surface area contributed by atoms with E-state index >= 15 is 0 Å². The van der Waals surface area contributed by atoms with Crippen molar-refractivity contribution in [1.29, 1.82) is 0 Å². The number of carboxylic acid groups (broad SMARTS) is 1. The molecule has 2 aromatic rings. The number of amides is 1. The Labute approximate surface area is 104 Å². The third kappa shape index (κ3) is 2.60. The zero-order valence-corrected chi connectivity index (χ0v) is 10.3. The quantitative estimate of drug-likeness (QED) is 0.815. The highest BCUT2D eigenvalue weighted by atomic mass is 16.7. The van der Waals surface area contributed by atoms with Gasteiger partial charge < -0.3 is 10.1 Å². The standard InChI is InChI=1S/C12H15N3O3/c1-3-15(12(16)17)18-7-11-13-9-5-4-8(2)6-10(9)14-11/h4-6H,3,7H2,1-2H3,(H,13,14)(H,16,17). The van der Waals surface area contributed by atoms with Gasteiger partial charge in [0.05, 0.1) is 11.0 Å². The number of nitrogens with one attached hydrogen (secondary N) is 1. The van der Waals surface area contributed by atoms with Gasteiger partial charge in [0.25, 0.3) is 0 Å². The van der Waals surface area contributed by atoms with Crippen molar-refractivity contribution >= 4 is 17.1 Å². The summed E-state index contributed by atoms with van der Waals surface area (Å²) >= 11 is 0. The Kier molecular flexibility index (Phi) is 3.47. The maximum Gasteiger partial charge on any atom is 0.431 e. The van der Waals surface area contributed by atoms with Crippen LogP contribution in [0.5, 0.6) is 0 Å². The minimum atomic E-state index is -1.11. The first kappa shape index (κ1) is 12.4. The largest absolute Gasteiger partial charge is 0.463 e. The summed E-state index contributed by atoms with van der Waals surface area (Å²) in [5.74, 6) is 0.607. The molecule has 2 N–H and O–H groups in total. The van der Waals surface area contributed by atoms with E-state index in [0.29, 0.717) is 5.82 Å². The van der Waals surface area contributed by atoms with Crippen LogP contribution < -0.4 is 0 Å². The normalized spacial score (nSPS) is 10.8. The summed E-state index contributed by atoms with van der Waals surface area (Å²) in [7, 11) is 0. The van der Waals surface area contributed by atoms with Crippen LogP contribution >= 0.6 is 0 Å². The average molecular weight is 249 g/mol. The van der Waals surface area contributed by atoms with Crippen molar-refractivity contribution in [2.24, 2.45) is 0 Å². The second kappa shape index (κ2) is 5.05. The molecule has 6 nitrogen and oxygen atoms in total. The molecule has 0 unspecified atom stereocenters. The molecule has 1 aromatic carbocycles. The van der Waals surface area contributed by atoms with E-state index in [0.717, 1.165) is 21.7 Å². The van der Waals surface area contributed by atoms with Crippen LogP contribution in [0.1, 0.15) is 18.3 Å². The molecule has 1 aromatic heterocycles. The zero-order valence-electron chi connectivity index (χ0n) is 10.3. The van der Waals surface area contributed by atoms with E-state index in [4.69, 9.17) is 9.94 Å². The van der Waals surface area contributed by atoms with Crippen LogP contribution in [0.15, 0.2) is 18.2 Å². The fourth-order valence-corrected chi connectivity index (χ4v) is 1.66. The summed E-state index contributed by atoms with van der Waals surface area (Å²) in [4.78, 5) is 23.3. The molecular weight excluding hydrogens is 234 g/mol.